The molecule has 2 aromatic rings. The number of carbonyl (C=O) groups is 1. The molecule has 0 aliphatic heterocycles. The molecule has 21 heavy (non-hydrogen) atoms. The van der Waals surface area contributed by atoms with Crippen LogP contribution in [0.5, 0.6) is 0 Å². The van der Waals surface area contributed by atoms with Crippen molar-refractivity contribution in [2.45, 2.75) is 26.2 Å². The SMILES string of the molecule is CC(=O)Nc1cccc(NCCCCc2ccccc2)c1. The van der Waals surface area contributed by atoms with E-state index in [9.17, 15) is 4.79 Å². The summed E-state index contributed by atoms with van der Waals surface area (Å²) in [5.41, 5.74) is 3.27. The third-order valence-electron chi connectivity index (χ3n) is 3.25. The van der Waals surface area contributed by atoms with E-state index >= 15 is 0 Å². The van der Waals surface area contributed by atoms with E-state index in [0.717, 1.165) is 30.8 Å². The lowest BCUT2D eigenvalue weighted by atomic mass is 10.1. The quantitative estimate of drug-likeness (QED) is 0.751. The van der Waals surface area contributed by atoms with Gasteiger partial charge in [-0.2, -0.15) is 0 Å². The molecule has 0 aliphatic rings. The summed E-state index contributed by atoms with van der Waals surface area (Å²) in [5, 5.41) is 6.18. The second kappa shape index (κ2) is 8.10. The Labute approximate surface area is 126 Å². The van der Waals surface area contributed by atoms with Gasteiger partial charge in [0.05, 0.1) is 0 Å². The number of rotatable bonds is 7. The highest BCUT2D eigenvalue weighted by atomic mass is 16.1. The van der Waals surface area contributed by atoms with Crippen LogP contribution in [-0.4, -0.2) is 12.5 Å². The van der Waals surface area contributed by atoms with Crippen LogP contribution in [-0.2, 0) is 11.2 Å². The number of amides is 1. The molecule has 1 amide bonds. The average Bonchev–Trinajstić information content (AvgIpc) is 2.48. The maximum Gasteiger partial charge on any atom is 0.221 e. The first-order valence-electron chi connectivity index (χ1n) is 7.39. The number of benzene rings is 2. The lowest BCUT2D eigenvalue weighted by Gasteiger charge is -2.08. The van der Waals surface area contributed by atoms with Gasteiger partial charge in [-0.05, 0) is 43.0 Å². The van der Waals surface area contributed by atoms with Gasteiger partial charge in [-0.25, -0.2) is 0 Å². The van der Waals surface area contributed by atoms with Crippen LogP contribution in [0.15, 0.2) is 54.6 Å². The van der Waals surface area contributed by atoms with Gasteiger partial charge in [0.15, 0.2) is 0 Å². The highest BCUT2D eigenvalue weighted by molar-refractivity contribution is 5.89. The van der Waals surface area contributed by atoms with Crippen molar-refractivity contribution in [3.63, 3.8) is 0 Å². The molecule has 0 bridgehead atoms. The highest BCUT2D eigenvalue weighted by Crippen LogP contribution is 2.15. The number of anilines is 2. The van der Waals surface area contributed by atoms with Gasteiger partial charge in [-0.3, -0.25) is 4.79 Å². The second-order valence-electron chi connectivity index (χ2n) is 5.13. The fourth-order valence-corrected chi connectivity index (χ4v) is 2.24. The van der Waals surface area contributed by atoms with E-state index in [1.807, 2.05) is 30.3 Å². The van der Waals surface area contributed by atoms with Crippen molar-refractivity contribution in [3.8, 4) is 0 Å². The van der Waals surface area contributed by atoms with Crippen molar-refractivity contribution in [2.24, 2.45) is 0 Å². The van der Waals surface area contributed by atoms with Gasteiger partial charge in [0.2, 0.25) is 5.91 Å². The third-order valence-corrected chi connectivity index (χ3v) is 3.25. The summed E-state index contributed by atoms with van der Waals surface area (Å²) in [6, 6.07) is 18.4. The zero-order chi connectivity index (χ0) is 14.9. The molecule has 0 aliphatic carbocycles. The van der Waals surface area contributed by atoms with Gasteiger partial charge in [-0.1, -0.05) is 36.4 Å². The molecular weight excluding hydrogens is 260 g/mol. The molecule has 3 heteroatoms. The minimum Gasteiger partial charge on any atom is -0.385 e. The Bertz CT molecular complexity index is 566. The van der Waals surface area contributed by atoms with Gasteiger partial charge in [0, 0.05) is 24.8 Å². The minimum atomic E-state index is -0.0463. The molecule has 110 valence electrons. The minimum absolute atomic E-state index is 0.0463. The molecule has 0 aromatic heterocycles. The van der Waals surface area contributed by atoms with Crippen molar-refractivity contribution in [2.75, 3.05) is 17.2 Å². The monoisotopic (exact) mass is 282 g/mol. The molecule has 0 saturated heterocycles. The van der Waals surface area contributed by atoms with Crippen molar-refractivity contribution < 1.29 is 4.79 Å². The topological polar surface area (TPSA) is 41.1 Å². The Kier molecular flexibility index (Phi) is 5.83. The maximum atomic E-state index is 11.0. The van der Waals surface area contributed by atoms with Gasteiger partial charge in [0.25, 0.3) is 0 Å². The van der Waals surface area contributed by atoms with E-state index in [2.05, 4.69) is 34.9 Å². The maximum absolute atomic E-state index is 11.0. The Morgan fingerprint density at radius 1 is 0.952 bits per heavy atom. The molecule has 0 fully saturated rings. The van der Waals surface area contributed by atoms with E-state index in [0.29, 0.717) is 0 Å². The molecule has 2 N–H and O–H groups in total. The van der Waals surface area contributed by atoms with Crippen LogP contribution in [0, 0.1) is 0 Å². The zero-order valence-corrected chi connectivity index (χ0v) is 12.4. The molecule has 3 nitrogen and oxygen atoms in total. The van der Waals surface area contributed by atoms with Gasteiger partial charge in [-0.15, -0.1) is 0 Å². The lowest BCUT2D eigenvalue weighted by Crippen LogP contribution is -2.07. The van der Waals surface area contributed by atoms with Gasteiger partial charge in [0.1, 0.15) is 0 Å². The Morgan fingerprint density at radius 3 is 2.48 bits per heavy atom. The first-order chi connectivity index (χ1) is 10.2. The highest BCUT2D eigenvalue weighted by Gasteiger charge is 1.98. The van der Waals surface area contributed by atoms with E-state index in [4.69, 9.17) is 0 Å². The van der Waals surface area contributed by atoms with Crippen molar-refractivity contribution >= 4 is 17.3 Å². The molecular formula is C18H22N2O. The largest absolute Gasteiger partial charge is 0.385 e. The van der Waals surface area contributed by atoms with Gasteiger partial charge >= 0.3 is 0 Å². The number of unbranched alkanes of at least 4 members (excludes halogenated alkanes) is 1. The summed E-state index contributed by atoms with van der Waals surface area (Å²) in [6.45, 7) is 2.46. The molecule has 2 rings (SSSR count). The molecule has 0 unspecified atom stereocenters. The van der Waals surface area contributed by atoms with Crippen molar-refractivity contribution in [1.29, 1.82) is 0 Å². The van der Waals surface area contributed by atoms with Crippen molar-refractivity contribution in [1.82, 2.24) is 0 Å². The normalized spacial score (nSPS) is 10.1. The Hall–Kier alpha value is -2.29. The molecule has 0 saturated carbocycles. The zero-order valence-electron chi connectivity index (χ0n) is 12.4. The van der Waals surface area contributed by atoms with Crippen LogP contribution in [0.3, 0.4) is 0 Å². The van der Waals surface area contributed by atoms with Gasteiger partial charge < -0.3 is 10.6 Å². The number of nitrogens with one attached hydrogen (secondary N) is 2. The lowest BCUT2D eigenvalue weighted by molar-refractivity contribution is -0.114. The second-order valence-corrected chi connectivity index (χ2v) is 5.13. The predicted octanol–water partition coefficient (Wildman–Crippen LogP) is 4.08. The first-order valence-corrected chi connectivity index (χ1v) is 7.39. The number of aryl methyl sites for hydroxylation is 1. The summed E-state index contributed by atoms with van der Waals surface area (Å²) < 4.78 is 0. The van der Waals surface area contributed by atoms with E-state index < -0.39 is 0 Å². The number of carbonyl (C=O) groups excluding carboxylic acids is 1. The Morgan fingerprint density at radius 2 is 1.71 bits per heavy atom. The van der Waals surface area contributed by atoms with E-state index in [1.165, 1.54) is 18.9 Å². The average molecular weight is 282 g/mol. The number of hydrogen-bond donors (Lipinski definition) is 2. The molecule has 0 atom stereocenters. The standard InChI is InChI=1S/C18H22N2O/c1-15(21)20-18-12-7-11-17(14-18)19-13-6-5-10-16-8-3-2-4-9-16/h2-4,7-9,11-12,14,19H,5-6,10,13H2,1H3,(H,20,21). The predicted molar refractivity (Wildman–Crippen MR) is 88.6 cm³/mol. The summed E-state index contributed by atoms with van der Waals surface area (Å²) >= 11 is 0. The van der Waals surface area contributed by atoms with Crippen LogP contribution in [0.1, 0.15) is 25.3 Å². The van der Waals surface area contributed by atoms with Crippen molar-refractivity contribution in [3.05, 3.63) is 60.2 Å². The summed E-state index contributed by atoms with van der Waals surface area (Å²) in [7, 11) is 0. The summed E-state index contributed by atoms with van der Waals surface area (Å²) in [5.74, 6) is -0.0463. The van der Waals surface area contributed by atoms with Crippen LogP contribution < -0.4 is 10.6 Å². The van der Waals surface area contributed by atoms with E-state index in [1.54, 1.807) is 0 Å². The molecule has 0 spiro atoms. The van der Waals surface area contributed by atoms with Crippen LogP contribution in [0.4, 0.5) is 11.4 Å². The van der Waals surface area contributed by atoms with Crippen LogP contribution in [0.2, 0.25) is 0 Å². The van der Waals surface area contributed by atoms with E-state index in [-0.39, 0.29) is 5.91 Å². The Balaban J connectivity index is 1.70. The molecule has 2 aromatic carbocycles. The number of hydrogen-bond acceptors (Lipinski definition) is 2. The first kappa shape index (κ1) is 15.1. The summed E-state index contributed by atoms with van der Waals surface area (Å²) in [4.78, 5) is 11.0. The molecule has 0 radical (unpaired) electrons. The van der Waals surface area contributed by atoms with Crippen LogP contribution >= 0.6 is 0 Å². The third kappa shape index (κ3) is 5.69. The fraction of sp³-hybridized carbons (Fsp3) is 0.278. The summed E-state index contributed by atoms with van der Waals surface area (Å²) in [6.07, 6.45) is 3.41. The molecule has 0 heterocycles. The fourth-order valence-electron chi connectivity index (χ4n) is 2.24. The smallest absolute Gasteiger partial charge is 0.221 e. The van der Waals surface area contributed by atoms with Crippen LogP contribution in [0.25, 0.3) is 0 Å².